The Morgan fingerprint density at radius 3 is 2.38 bits per heavy atom. The van der Waals surface area contributed by atoms with E-state index >= 15 is 0 Å². The number of nitrogens with one attached hydrogen (secondary N) is 1. The molecule has 0 saturated heterocycles. The monoisotopic (exact) mass is 221 g/mol. The molecule has 0 bridgehead atoms. The van der Waals surface area contributed by atoms with Gasteiger partial charge in [0.05, 0.1) is 0 Å². The Labute approximate surface area is 101 Å². The first-order valence-corrected chi connectivity index (χ1v) is 6.40. The highest BCUT2D eigenvalue weighted by molar-refractivity contribution is 5.34. The summed E-state index contributed by atoms with van der Waals surface area (Å²) >= 11 is 0. The van der Waals surface area contributed by atoms with E-state index in [1.807, 2.05) is 6.08 Å². The summed E-state index contributed by atoms with van der Waals surface area (Å²) in [5, 5.41) is 3.46. The van der Waals surface area contributed by atoms with Crippen LogP contribution in [0.3, 0.4) is 0 Å². The molecule has 0 aliphatic carbocycles. The molecule has 0 amide bonds. The standard InChI is InChI=1S/C15H27N/c1-6-9-11-14(8-3)15(10-7-2)12-16-13(4)5/h7,10-11,13,16H,2,6,8-9,12H2,1,3-5H3/b14-11-,15-10-. The zero-order valence-corrected chi connectivity index (χ0v) is 11.3. The Balaban J connectivity index is 4.60. The van der Waals surface area contributed by atoms with Crippen LogP contribution in [0.25, 0.3) is 0 Å². The van der Waals surface area contributed by atoms with Crippen molar-refractivity contribution in [2.24, 2.45) is 0 Å². The molecular weight excluding hydrogens is 194 g/mol. The molecule has 0 radical (unpaired) electrons. The van der Waals surface area contributed by atoms with Crippen molar-refractivity contribution in [3.05, 3.63) is 36.0 Å². The molecule has 0 aromatic heterocycles. The van der Waals surface area contributed by atoms with E-state index < -0.39 is 0 Å². The Morgan fingerprint density at radius 1 is 1.25 bits per heavy atom. The van der Waals surface area contributed by atoms with Crippen LogP contribution in [-0.4, -0.2) is 12.6 Å². The van der Waals surface area contributed by atoms with E-state index in [1.54, 1.807) is 0 Å². The minimum Gasteiger partial charge on any atom is -0.310 e. The smallest absolute Gasteiger partial charge is 0.0210 e. The topological polar surface area (TPSA) is 12.0 Å². The molecule has 0 aliphatic rings. The van der Waals surface area contributed by atoms with Gasteiger partial charge in [0.2, 0.25) is 0 Å². The van der Waals surface area contributed by atoms with Crippen LogP contribution in [0.5, 0.6) is 0 Å². The maximum Gasteiger partial charge on any atom is 0.0210 e. The Bertz CT molecular complexity index is 246. The van der Waals surface area contributed by atoms with Gasteiger partial charge in [-0.3, -0.25) is 0 Å². The zero-order valence-electron chi connectivity index (χ0n) is 11.3. The SMILES string of the molecule is C=C/C=C(CNC(C)C)\C(=C/CCC)CC. The van der Waals surface area contributed by atoms with Gasteiger partial charge in [0.25, 0.3) is 0 Å². The largest absolute Gasteiger partial charge is 0.310 e. The van der Waals surface area contributed by atoms with Gasteiger partial charge in [-0.2, -0.15) is 0 Å². The summed E-state index contributed by atoms with van der Waals surface area (Å²) in [6.07, 6.45) is 9.84. The maximum atomic E-state index is 3.79. The molecule has 0 unspecified atom stereocenters. The number of rotatable bonds is 8. The van der Waals surface area contributed by atoms with Crippen molar-refractivity contribution in [2.45, 2.75) is 53.0 Å². The molecule has 0 aromatic carbocycles. The van der Waals surface area contributed by atoms with Gasteiger partial charge in [-0.1, -0.05) is 58.9 Å². The average Bonchev–Trinajstić information content (AvgIpc) is 2.26. The highest BCUT2D eigenvalue weighted by Crippen LogP contribution is 2.15. The number of hydrogen-bond acceptors (Lipinski definition) is 1. The molecule has 0 rings (SSSR count). The van der Waals surface area contributed by atoms with Crippen molar-refractivity contribution < 1.29 is 0 Å². The molecule has 0 saturated carbocycles. The van der Waals surface area contributed by atoms with E-state index in [4.69, 9.17) is 0 Å². The molecule has 1 heteroatoms. The molecule has 92 valence electrons. The van der Waals surface area contributed by atoms with Gasteiger partial charge in [-0.25, -0.2) is 0 Å². The average molecular weight is 221 g/mol. The molecule has 0 spiro atoms. The number of hydrogen-bond donors (Lipinski definition) is 1. The first kappa shape index (κ1) is 15.2. The Hall–Kier alpha value is -0.820. The van der Waals surface area contributed by atoms with Gasteiger partial charge >= 0.3 is 0 Å². The minimum absolute atomic E-state index is 0.525. The third kappa shape index (κ3) is 6.62. The third-order valence-corrected chi connectivity index (χ3v) is 2.49. The maximum absolute atomic E-state index is 3.79. The normalized spacial score (nSPS) is 13.3. The van der Waals surface area contributed by atoms with Crippen molar-refractivity contribution >= 4 is 0 Å². The summed E-state index contributed by atoms with van der Waals surface area (Å²) in [5.74, 6) is 0. The van der Waals surface area contributed by atoms with Crippen LogP contribution >= 0.6 is 0 Å². The highest BCUT2D eigenvalue weighted by Gasteiger charge is 2.03. The van der Waals surface area contributed by atoms with Gasteiger partial charge in [0, 0.05) is 12.6 Å². The fourth-order valence-electron chi connectivity index (χ4n) is 1.56. The minimum atomic E-state index is 0.525. The Morgan fingerprint density at radius 2 is 1.94 bits per heavy atom. The van der Waals surface area contributed by atoms with Gasteiger partial charge < -0.3 is 5.32 Å². The van der Waals surface area contributed by atoms with Crippen molar-refractivity contribution in [3.8, 4) is 0 Å². The highest BCUT2D eigenvalue weighted by atomic mass is 14.9. The van der Waals surface area contributed by atoms with Crippen LogP contribution < -0.4 is 5.32 Å². The van der Waals surface area contributed by atoms with Crippen molar-refractivity contribution in [3.63, 3.8) is 0 Å². The summed E-state index contributed by atoms with van der Waals surface area (Å²) in [5.41, 5.74) is 2.83. The first-order valence-electron chi connectivity index (χ1n) is 6.40. The van der Waals surface area contributed by atoms with Crippen LogP contribution in [0.2, 0.25) is 0 Å². The molecule has 1 N–H and O–H groups in total. The predicted molar refractivity (Wildman–Crippen MR) is 74.7 cm³/mol. The summed E-state index contributed by atoms with van der Waals surface area (Å²) in [4.78, 5) is 0. The van der Waals surface area contributed by atoms with E-state index in [9.17, 15) is 0 Å². The van der Waals surface area contributed by atoms with Gasteiger partial charge in [-0.05, 0) is 24.0 Å². The fourth-order valence-corrected chi connectivity index (χ4v) is 1.56. The lowest BCUT2D eigenvalue weighted by atomic mass is 10.0. The fraction of sp³-hybridized carbons (Fsp3) is 0.600. The molecule has 0 aliphatic heterocycles. The lowest BCUT2D eigenvalue weighted by molar-refractivity contribution is 0.622. The van der Waals surface area contributed by atoms with Gasteiger partial charge in [0.1, 0.15) is 0 Å². The number of allylic oxidation sites excluding steroid dienone is 3. The molecule has 1 nitrogen and oxygen atoms in total. The van der Waals surface area contributed by atoms with Crippen LogP contribution in [0.4, 0.5) is 0 Å². The van der Waals surface area contributed by atoms with Crippen molar-refractivity contribution in [1.29, 1.82) is 0 Å². The van der Waals surface area contributed by atoms with Gasteiger partial charge in [-0.15, -0.1) is 0 Å². The molecule has 16 heavy (non-hydrogen) atoms. The lowest BCUT2D eigenvalue weighted by Crippen LogP contribution is -2.25. The second kappa shape index (κ2) is 9.41. The van der Waals surface area contributed by atoms with E-state index in [2.05, 4.69) is 51.7 Å². The molecule has 0 heterocycles. The quantitative estimate of drug-likeness (QED) is 0.605. The second-order valence-corrected chi connectivity index (χ2v) is 4.33. The van der Waals surface area contributed by atoms with Crippen LogP contribution in [0.1, 0.15) is 47.0 Å². The van der Waals surface area contributed by atoms with E-state index in [0.29, 0.717) is 6.04 Å². The van der Waals surface area contributed by atoms with E-state index in [1.165, 1.54) is 24.0 Å². The first-order chi connectivity index (χ1) is 7.65. The summed E-state index contributed by atoms with van der Waals surface area (Å²) in [7, 11) is 0. The van der Waals surface area contributed by atoms with Gasteiger partial charge in [0.15, 0.2) is 0 Å². The van der Waals surface area contributed by atoms with Crippen LogP contribution in [0.15, 0.2) is 36.0 Å². The van der Waals surface area contributed by atoms with E-state index in [0.717, 1.165) is 13.0 Å². The zero-order chi connectivity index (χ0) is 12.4. The summed E-state index contributed by atoms with van der Waals surface area (Å²) in [6, 6.07) is 0.525. The molecule has 0 atom stereocenters. The van der Waals surface area contributed by atoms with Crippen LogP contribution in [0, 0.1) is 0 Å². The van der Waals surface area contributed by atoms with Crippen molar-refractivity contribution in [2.75, 3.05) is 6.54 Å². The third-order valence-electron chi connectivity index (χ3n) is 2.49. The van der Waals surface area contributed by atoms with E-state index in [-0.39, 0.29) is 0 Å². The predicted octanol–water partition coefficient (Wildman–Crippen LogP) is 4.23. The number of unbranched alkanes of at least 4 members (excludes halogenated alkanes) is 1. The molecule has 0 fully saturated rings. The summed E-state index contributed by atoms with van der Waals surface area (Å²) in [6.45, 7) is 13.5. The lowest BCUT2D eigenvalue weighted by Gasteiger charge is -2.14. The van der Waals surface area contributed by atoms with Crippen molar-refractivity contribution in [1.82, 2.24) is 5.32 Å². The molecule has 0 aromatic rings. The summed E-state index contributed by atoms with van der Waals surface area (Å²) < 4.78 is 0. The van der Waals surface area contributed by atoms with Crippen LogP contribution in [-0.2, 0) is 0 Å². The molecular formula is C15H27N. The Kier molecular flexibility index (Phi) is 8.93. The second-order valence-electron chi connectivity index (χ2n) is 4.33.